The molecule has 1 amide bonds. The fourth-order valence-corrected chi connectivity index (χ4v) is 3.54. The first-order valence-corrected chi connectivity index (χ1v) is 9.53. The minimum absolute atomic E-state index is 0.299. The highest BCUT2D eigenvalue weighted by atomic mass is 16.5. The number of nitrogens with one attached hydrogen (secondary N) is 1. The zero-order valence-electron chi connectivity index (χ0n) is 17.3. The van der Waals surface area contributed by atoms with Crippen LogP contribution >= 0.6 is 0 Å². The van der Waals surface area contributed by atoms with Crippen LogP contribution in [0.15, 0.2) is 63.9 Å². The lowest BCUT2D eigenvalue weighted by atomic mass is 9.96. The number of methoxy groups -OCH3 is 1. The maximum Gasteiger partial charge on any atom is 0.249 e. The van der Waals surface area contributed by atoms with E-state index in [9.17, 15) is 4.79 Å². The highest BCUT2D eigenvalue weighted by Gasteiger charge is 2.19. The maximum atomic E-state index is 12.4. The van der Waals surface area contributed by atoms with Crippen LogP contribution in [-0.4, -0.2) is 18.2 Å². The molecule has 0 atom stereocenters. The third-order valence-electron chi connectivity index (χ3n) is 5.07. The van der Waals surface area contributed by atoms with E-state index in [1.807, 2.05) is 19.9 Å². The first kappa shape index (κ1) is 19.5. The van der Waals surface area contributed by atoms with Crippen molar-refractivity contribution >= 4 is 28.3 Å². The van der Waals surface area contributed by atoms with Crippen molar-refractivity contribution in [2.24, 2.45) is 0 Å². The molecule has 0 aliphatic rings. The summed E-state index contributed by atoms with van der Waals surface area (Å²) in [6.07, 6.45) is 4.68. The summed E-state index contributed by atoms with van der Waals surface area (Å²) in [4.78, 5) is 12.4. The summed E-state index contributed by atoms with van der Waals surface area (Å²) >= 11 is 0. The summed E-state index contributed by atoms with van der Waals surface area (Å²) < 4.78 is 16.3. The lowest BCUT2D eigenvalue weighted by molar-refractivity contribution is -0.111. The van der Waals surface area contributed by atoms with Gasteiger partial charge < -0.3 is 19.0 Å². The Morgan fingerprint density at radius 2 is 1.93 bits per heavy atom. The number of amides is 1. The number of allylic oxidation sites excluding steroid dienone is 1. The van der Waals surface area contributed by atoms with Gasteiger partial charge in [0.1, 0.15) is 17.6 Å². The van der Waals surface area contributed by atoms with Gasteiger partial charge in [0, 0.05) is 34.2 Å². The van der Waals surface area contributed by atoms with Gasteiger partial charge in [-0.15, -0.1) is 0 Å². The fourth-order valence-electron chi connectivity index (χ4n) is 3.54. The molecule has 2 aromatic carbocycles. The Balaban J connectivity index is 1.80. The molecule has 0 unspecified atom stereocenters. The number of carbonyl (C=O) groups is 1. The van der Waals surface area contributed by atoms with Gasteiger partial charge in [-0.3, -0.25) is 4.79 Å². The number of ether oxygens (including phenoxy) is 1. The zero-order chi connectivity index (χ0) is 21.3. The molecule has 1 N–H and O–H groups in total. The predicted molar refractivity (Wildman–Crippen MR) is 116 cm³/mol. The normalized spacial score (nSPS) is 11.7. The Morgan fingerprint density at radius 3 is 2.60 bits per heavy atom. The molecule has 6 heteroatoms. The van der Waals surface area contributed by atoms with Crippen LogP contribution in [0.5, 0.6) is 5.75 Å². The van der Waals surface area contributed by atoms with Crippen LogP contribution in [0.3, 0.4) is 0 Å². The van der Waals surface area contributed by atoms with Crippen molar-refractivity contribution in [3.8, 4) is 16.9 Å². The molecule has 0 bridgehead atoms. The van der Waals surface area contributed by atoms with E-state index in [1.54, 1.807) is 19.4 Å². The largest absolute Gasteiger partial charge is 0.496 e. The number of aromatic nitrogens is 1. The van der Waals surface area contributed by atoms with E-state index < -0.39 is 0 Å². The topological polar surface area (TPSA) is 77.5 Å². The van der Waals surface area contributed by atoms with Crippen LogP contribution in [-0.2, 0) is 4.79 Å². The van der Waals surface area contributed by atoms with Crippen molar-refractivity contribution in [1.29, 1.82) is 0 Å². The van der Waals surface area contributed by atoms with E-state index >= 15 is 0 Å². The minimum atomic E-state index is -0.299. The molecule has 0 aliphatic carbocycles. The van der Waals surface area contributed by atoms with Gasteiger partial charge in [-0.25, -0.2) is 0 Å². The predicted octanol–water partition coefficient (Wildman–Crippen LogP) is 5.76. The monoisotopic (exact) mass is 402 g/mol. The molecule has 0 radical (unpaired) electrons. The fraction of sp³-hybridized carbons (Fsp3) is 0.167. The molecular formula is C24H22N2O4. The van der Waals surface area contributed by atoms with Gasteiger partial charge in [-0.05, 0) is 38.0 Å². The number of fused-ring (bicyclic) bond motifs is 1. The Kier molecular flexibility index (Phi) is 5.14. The standard InChI is InChI=1S/C24H22N2O4/c1-14-5-7-17(8-6-14)20-13-29-24-16(3)23(28-4)18(12-19(20)24)15(2)11-22(27)25-21-9-10-30-26-21/h5-13H,1-4H3,(H,25,26,27)/b15-11+. The summed E-state index contributed by atoms with van der Waals surface area (Å²) in [5.74, 6) is 0.738. The Morgan fingerprint density at radius 1 is 1.17 bits per heavy atom. The summed E-state index contributed by atoms with van der Waals surface area (Å²) in [6.45, 7) is 5.88. The molecule has 152 valence electrons. The molecule has 0 fully saturated rings. The highest BCUT2D eigenvalue weighted by Crippen LogP contribution is 2.40. The lowest BCUT2D eigenvalue weighted by Crippen LogP contribution is -2.09. The van der Waals surface area contributed by atoms with Crippen LogP contribution < -0.4 is 10.1 Å². The van der Waals surface area contributed by atoms with Gasteiger partial charge in [-0.1, -0.05) is 35.0 Å². The first-order valence-electron chi connectivity index (χ1n) is 9.53. The average Bonchev–Trinajstić information content (AvgIpc) is 3.38. The molecule has 4 aromatic rings. The zero-order valence-corrected chi connectivity index (χ0v) is 17.3. The SMILES string of the molecule is COc1c(/C(C)=C/C(=O)Nc2ccon2)cc2c(-c3ccc(C)cc3)coc2c1C. The number of nitrogens with zero attached hydrogens (tertiary/aromatic N) is 1. The maximum absolute atomic E-state index is 12.4. The van der Waals surface area contributed by atoms with E-state index in [0.717, 1.165) is 38.8 Å². The number of rotatable bonds is 5. The van der Waals surface area contributed by atoms with Gasteiger partial charge in [0.15, 0.2) is 5.82 Å². The van der Waals surface area contributed by atoms with Crippen LogP contribution in [0.2, 0.25) is 0 Å². The summed E-state index contributed by atoms with van der Waals surface area (Å²) in [6, 6.07) is 11.9. The smallest absolute Gasteiger partial charge is 0.249 e. The first-order chi connectivity index (χ1) is 14.5. The second-order valence-electron chi connectivity index (χ2n) is 7.18. The number of anilines is 1. The summed E-state index contributed by atoms with van der Waals surface area (Å²) in [5, 5.41) is 7.34. The molecule has 0 aliphatic heterocycles. The summed E-state index contributed by atoms with van der Waals surface area (Å²) in [5.41, 5.74) is 6.50. The highest BCUT2D eigenvalue weighted by molar-refractivity contribution is 6.05. The van der Waals surface area contributed by atoms with E-state index in [2.05, 4.69) is 41.7 Å². The number of carbonyl (C=O) groups excluding carboxylic acids is 1. The van der Waals surface area contributed by atoms with Crippen LogP contribution in [0, 0.1) is 13.8 Å². The van der Waals surface area contributed by atoms with Crippen molar-refractivity contribution in [3.63, 3.8) is 0 Å². The van der Waals surface area contributed by atoms with E-state index in [0.29, 0.717) is 11.6 Å². The summed E-state index contributed by atoms with van der Waals surface area (Å²) in [7, 11) is 1.62. The molecule has 0 saturated carbocycles. The third kappa shape index (κ3) is 3.59. The lowest BCUT2D eigenvalue weighted by Gasteiger charge is -2.13. The number of hydrogen-bond acceptors (Lipinski definition) is 5. The third-order valence-corrected chi connectivity index (χ3v) is 5.07. The molecule has 30 heavy (non-hydrogen) atoms. The Hall–Kier alpha value is -3.80. The van der Waals surface area contributed by atoms with E-state index in [4.69, 9.17) is 13.7 Å². The molecule has 0 saturated heterocycles. The van der Waals surface area contributed by atoms with Crippen molar-refractivity contribution in [3.05, 3.63) is 71.7 Å². The van der Waals surface area contributed by atoms with E-state index in [1.165, 1.54) is 17.9 Å². The molecular weight excluding hydrogens is 380 g/mol. The van der Waals surface area contributed by atoms with Crippen LogP contribution in [0.1, 0.15) is 23.6 Å². The van der Waals surface area contributed by atoms with Gasteiger partial charge >= 0.3 is 0 Å². The Labute approximate surface area is 174 Å². The number of benzene rings is 2. The molecule has 4 rings (SSSR count). The average molecular weight is 402 g/mol. The number of hydrogen-bond donors (Lipinski definition) is 1. The van der Waals surface area contributed by atoms with Gasteiger partial charge in [0.25, 0.3) is 0 Å². The van der Waals surface area contributed by atoms with Crippen LogP contribution in [0.25, 0.3) is 27.7 Å². The second-order valence-corrected chi connectivity index (χ2v) is 7.18. The molecule has 2 aromatic heterocycles. The van der Waals surface area contributed by atoms with Gasteiger partial charge in [0.05, 0.1) is 13.4 Å². The van der Waals surface area contributed by atoms with Crippen molar-refractivity contribution in [2.75, 3.05) is 12.4 Å². The van der Waals surface area contributed by atoms with Gasteiger partial charge in [-0.2, -0.15) is 0 Å². The number of furan rings is 1. The molecule has 6 nitrogen and oxygen atoms in total. The van der Waals surface area contributed by atoms with E-state index in [-0.39, 0.29) is 5.91 Å². The van der Waals surface area contributed by atoms with Gasteiger partial charge in [0.2, 0.25) is 5.91 Å². The minimum Gasteiger partial charge on any atom is -0.496 e. The number of aryl methyl sites for hydroxylation is 2. The Bertz CT molecular complexity index is 1230. The van der Waals surface area contributed by atoms with Crippen LogP contribution in [0.4, 0.5) is 5.82 Å². The van der Waals surface area contributed by atoms with Crippen molar-refractivity contribution in [2.45, 2.75) is 20.8 Å². The van der Waals surface area contributed by atoms with Crippen molar-refractivity contribution < 1.29 is 18.5 Å². The molecule has 0 spiro atoms. The molecule has 2 heterocycles. The second kappa shape index (κ2) is 7.91. The van der Waals surface area contributed by atoms with Crippen molar-refractivity contribution in [1.82, 2.24) is 5.16 Å². The quantitative estimate of drug-likeness (QED) is 0.430.